The van der Waals surface area contributed by atoms with Gasteiger partial charge in [0.1, 0.15) is 23.9 Å². The van der Waals surface area contributed by atoms with Crippen LogP contribution in [0.15, 0.2) is 36.7 Å². The van der Waals surface area contributed by atoms with Gasteiger partial charge in [0.2, 0.25) is 0 Å². The predicted molar refractivity (Wildman–Crippen MR) is 128 cm³/mol. The van der Waals surface area contributed by atoms with E-state index >= 15 is 0 Å². The molecule has 0 bridgehead atoms. The summed E-state index contributed by atoms with van der Waals surface area (Å²) in [7, 11) is 1.54. The van der Waals surface area contributed by atoms with E-state index in [1.54, 1.807) is 29.2 Å². The lowest BCUT2D eigenvalue weighted by atomic mass is 10.2. The number of halogens is 2. The number of rotatable bonds is 5. The van der Waals surface area contributed by atoms with Gasteiger partial charge in [-0.2, -0.15) is 0 Å². The summed E-state index contributed by atoms with van der Waals surface area (Å²) >= 11 is 5.91. The van der Waals surface area contributed by atoms with Crippen molar-refractivity contribution < 1.29 is 23.4 Å². The van der Waals surface area contributed by atoms with Crippen molar-refractivity contribution in [2.45, 2.75) is 38.9 Å². The van der Waals surface area contributed by atoms with E-state index in [9.17, 15) is 9.18 Å². The third kappa shape index (κ3) is 5.25. The number of nitrogens with one attached hydrogen (secondary N) is 1. The van der Waals surface area contributed by atoms with E-state index in [4.69, 9.17) is 25.8 Å². The molecular weight excluding hydrogens is 463 g/mol. The van der Waals surface area contributed by atoms with E-state index in [-0.39, 0.29) is 22.9 Å². The molecule has 8 nitrogen and oxygen atoms in total. The molecule has 1 aliphatic rings. The Balaban J connectivity index is 1.59. The Bertz CT molecular complexity index is 1220. The van der Waals surface area contributed by atoms with Gasteiger partial charge in [-0.25, -0.2) is 19.2 Å². The van der Waals surface area contributed by atoms with Gasteiger partial charge in [-0.05, 0) is 39.0 Å². The second-order valence-electron chi connectivity index (χ2n) is 8.92. The number of carbonyl (C=O) groups is 1. The Morgan fingerprint density at radius 3 is 2.76 bits per heavy atom. The molecule has 0 radical (unpaired) electrons. The van der Waals surface area contributed by atoms with Gasteiger partial charge in [0.25, 0.3) is 0 Å². The lowest BCUT2D eigenvalue weighted by Gasteiger charge is -2.24. The van der Waals surface area contributed by atoms with Crippen LogP contribution in [0, 0.1) is 5.82 Å². The van der Waals surface area contributed by atoms with Crippen LogP contribution in [0.1, 0.15) is 27.2 Å². The topological polar surface area (TPSA) is 85.8 Å². The van der Waals surface area contributed by atoms with Crippen molar-refractivity contribution in [1.82, 2.24) is 14.9 Å². The van der Waals surface area contributed by atoms with Gasteiger partial charge < -0.3 is 24.4 Å². The minimum absolute atomic E-state index is 0.00447. The monoisotopic (exact) mass is 488 g/mol. The number of likely N-dealkylation sites (tertiary alicyclic amines) is 1. The fraction of sp³-hybridized carbons (Fsp3) is 0.375. The first-order valence-corrected chi connectivity index (χ1v) is 11.2. The van der Waals surface area contributed by atoms with Crippen LogP contribution in [0.4, 0.5) is 20.7 Å². The second-order valence-corrected chi connectivity index (χ2v) is 9.33. The summed E-state index contributed by atoms with van der Waals surface area (Å²) in [5, 5.41) is 3.60. The van der Waals surface area contributed by atoms with Crippen LogP contribution in [0.2, 0.25) is 5.02 Å². The third-order valence-corrected chi connectivity index (χ3v) is 5.51. The van der Waals surface area contributed by atoms with Gasteiger partial charge >= 0.3 is 6.09 Å². The predicted octanol–water partition coefficient (Wildman–Crippen LogP) is 5.56. The number of nitrogens with zero attached hydrogens (tertiary/aromatic N) is 3. The van der Waals surface area contributed by atoms with Crippen molar-refractivity contribution in [3.8, 4) is 11.5 Å². The number of fused-ring (bicyclic) bond motifs is 1. The molecule has 180 valence electrons. The van der Waals surface area contributed by atoms with Gasteiger partial charge in [-0.1, -0.05) is 17.7 Å². The molecule has 1 atom stereocenters. The first kappa shape index (κ1) is 23.8. The van der Waals surface area contributed by atoms with Crippen molar-refractivity contribution in [2.75, 3.05) is 25.5 Å². The minimum Gasteiger partial charge on any atom is -0.493 e. The average Bonchev–Trinajstić information content (AvgIpc) is 3.24. The van der Waals surface area contributed by atoms with Gasteiger partial charge in [0, 0.05) is 24.4 Å². The zero-order valence-corrected chi connectivity index (χ0v) is 20.1. The maximum atomic E-state index is 14.4. The summed E-state index contributed by atoms with van der Waals surface area (Å²) in [6.07, 6.45) is 1.41. The number of hydrogen-bond donors (Lipinski definition) is 1. The quantitative estimate of drug-likeness (QED) is 0.503. The molecule has 1 aromatic heterocycles. The van der Waals surface area contributed by atoms with Crippen LogP contribution in [0.5, 0.6) is 11.5 Å². The lowest BCUT2D eigenvalue weighted by molar-refractivity contribution is 0.0275. The van der Waals surface area contributed by atoms with Crippen LogP contribution in [0.25, 0.3) is 10.9 Å². The number of amides is 1. The van der Waals surface area contributed by atoms with Crippen molar-refractivity contribution in [2.24, 2.45) is 0 Å². The highest BCUT2D eigenvalue weighted by molar-refractivity contribution is 6.31. The van der Waals surface area contributed by atoms with Crippen LogP contribution in [0.3, 0.4) is 0 Å². The number of methoxy groups -OCH3 is 1. The first-order valence-electron chi connectivity index (χ1n) is 10.8. The fourth-order valence-corrected chi connectivity index (χ4v) is 3.81. The molecule has 2 heterocycles. The van der Waals surface area contributed by atoms with Gasteiger partial charge in [0.15, 0.2) is 17.3 Å². The molecule has 1 N–H and O–H groups in total. The Morgan fingerprint density at radius 1 is 1.24 bits per heavy atom. The molecule has 1 amide bonds. The molecule has 2 aromatic carbocycles. The largest absolute Gasteiger partial charge is 0.493 e. The normalized spacial score (nSPS) is 15.9. The number of aromatic nitrogens is 2. The second kappa shape index (κ2) is 9.50. The number of hydrogen-bond acceptors (Lipinski definition) is 7. The van der Waals surface area contributed by atoms with E-state index in [1.165, 1.54) is 19.5 Å². The third-order valence-electron chi connectivity index (χ3n) is 5.22. The van der Waals surface area contributed by atoms with E-state index in [0.717, 1.165) is 0 Å². The zero-order valence-electron chi connectivity index (χ0n) is 19.4. The molecule has 34 heavy (non-hydrogen) atoms. The van der Waals surface area contributed by atoms with E-state index in [0.29, 0.717) is 47.7 Å². The SMILES string of the molecule is COc1cc2ncnc(Nc3cccc(Cl)c3F)c2cc1O[C@H]1CCN(C(=O)OC(C)(C)C)C1. The highest BCUT2D eigenvalue weighted by Crippen LogP contribution is 2.36. The number of benzene rings is 2. The summed E-state index contributed by atoms with van der Waals surface area (Å²) in [5.74, 6) is 0.770. The molecule has 0 unspecified atom stereocenters. The Kier molecular flexibility index (Phi) is 6.65. The molecule has 1 fully saturated rings. The maximum Gasteiger partial charge on any atom is 0.410 e. The van der Waals surface area contributed by atoms with Crippen molar-refractivity contribution in [1.29, 1.82) is 0 Å². The molecule has 0 spiro atoms. The number of ether oxygens (including phenoxy) is 3. The molecule has 3 aromatic rings. The summed E-state index contributed by atoms with van der Waals surface area (Å²) in [4.78, 5) is 22.6. The molecular formula is C24H26ClFN4O4. The molecule has 1 aliphatic heterocycles. The van der Waals surface area contributed by atoms with Crippen LogP contribution in [-0.2, 0) is 4.74 Å². The van der Waals surface area contributed by atoms with Crippen LogP contribution < -0.4 is 14.8 Å². The Morgan fingerprint density at radius 2 is 2.03 bits per heavy atom. The summed E-state index contributed by atoms with van der Waals surface area (Å²) in [6.45, 7) is 6.41. The molecule has 4 rings (SSSR count). The van der Waals surface area contributed by atoms with E-state index < -0.39 is 11.4 Å². The summed E-state index contributed by atoms with van der Waals surface area (Å²) in [5.41, 5.74) is 0.212. The molecule has 0 saturated carbocycles. The van der Waals surface area contributed by atoms with E-state index in [2.05, 4.69) is 15.3 Å². The van der Waals surface area contributed by atoms with Gasteiger partial charge in [-0.3, -0.25) is 0 Å². The van der Waals surface area contributed by atoms with E-state index in [1.807, 2.05) is 20.8 Å². The highest BCUT2D eigenvalue weighted by atomic mass is 35.5. The highest BCUT2D eigenvalue weighted by Gasteiger charge is 2.31. The molecule has 1 saturated heterocycles. The van der Waals surface area contributed by atoms with Crippen LogP contribution >= 0.6 is 11.6 Å². The standard InChI is InChI=1S/C24H26ClFN4O4/c1-24(2,3)34-23(31)30-9-8-14(12-30)33-20-10-15-18(11-19(20)32-4)27-13-28-22(15)29-17-7-5-6-16(25)21(17)26/h5-7,10-11,13-14H,8-9,12H2,1-4H3,(H,27,28,29)/t14-/m0/s1. The van der Waals surface area contributed by atoms with Gasteiger partial charge in [0.05, 0.1) is 29.9 Å². The minimum atomic E-state index is -0.575. The molecule has 10 heteroatoms. The maximum absolute atomic E-state index is 14.4. The number of carbonyl (C=O) groups excluding carboxylic acids is 1. The van der Waals surface area contributed by atoms with Gasteiger partial charge in [-0.15, -0.1) is 0 Å². The fourth-order valence-electron chi connectivity index (χ4n) is 3.64. The average molecular weight is 489 g/mol. The molecule has 0 aliphatic carbocycles. The number of anilines is 2. The summed E-state index contributed by atoms with van der Waals surface area (Å²) < 4.78 is 31.6. The van der Waals surface area contributed by atoms with Crippen molar-refractivity contribution >= 4 is 40.1 Å². The van der Waals surface area contributed by atoms with Crippen molar-refractivity contribution in [3.63, 3.8) is 0 Å². The lowest BCUT2D eigenvalue weighted by Crippen LogP contribution is -2.36. The zero-order chi connectivity index (χ0) is 24.5. The van der Waals surface area contributed by atoms with Crippen molar-refractivity contribution in [3.05, 3.63) is 47.5 Å². The summed E-state index contributed by atoms with van der Waals surface area (Å²) in [6, 6.07) is 8.16. The Hall–Kier alpha value is -3.33. The first-order chi connectivity index (χ1) is 16.1. The van der Waals surface area contributed by atoms with Crippen LogP contribution in [-0.4, -0.2) is 52.9 Å². The smallest absolute Gasteiger partial charge is 0.410 e. The Labute approximate surface area is 202 Å².